The number of nitrogen functional groups attached to an aromatic ring is 1. The summed E-state index contributed by atoms with van der Waals surface area (Å²) in [4.78, 5) is 11.2. The largest absolute Gasteiger partial charge is 0.383 e. The Morgan fingerprint density at radius 3 is 2.57 bits per heavy atom. The molecule has 0 amide bonds. The molecule has 0 spiro atoms. The van der Waals surface area contributed by atoms with E-state index in [1.54, 1.807) is 18.2 Å². The van der Waals surface area contributed by atoms with Crippen molar-refractivity contribution in [2.24, 2.45) is 0 Å². The number of nitrogens with zero attached hydrogens (tertiary/aromatic N) is 3. The number of anilines is 2. The number of rotatable bonds is 6. The highest BCUT2D eigenvalue weighted by Gasteiger charge is 2.19. The number of hydrogen-bond donors (Lipinski definition) is 2. The van der Waals surface area contributed by atoms with E-state index in [4.69, 9.17) is 9.92 Å². The summed E-state index contributed by atoms with van der Waals surface area (Å²) in [6.45, 7) is 5.24. The van der Waals surface area contributed by atoms with Crippen molar-refractivity contribution in [1.82, 2.24) is 15.3 Å². The van der Waals surface area contributed by atoms with Crippen molar-refractivity contribution in [3.8, 4) is 0 Å². The quantitative estimate of drug-likeness (QED) is 0.574. The minimum absolute atomic E-state index is 0.0312. The maximum Gasteiger partial charge on any atom is 0.297 e. The molecule has 3 N–H and O–H groups in total. The van der Waals surface area contributed by atoms with E-state index in [2.05, 4.69) is 20.2 Å². The SMILES string of the molecule is Cc1nc(N2CCNCC2)nc(N)c1CCOS(=O)(=O)c1ccc2ccccc2c1. The van der Waals surface area contributed by atoms with Crippen LogP contribution in [0.1, 0.15) is 11.3 Å². The fourth-order valence-electron chi connectivity index (χ4n) is 3.56. The van der Waals surface area contributed by atoms with Crippen LogP contribution in [0.2, 0.25) is 0 Å². The van der Waals surface area contributed by atoms with E-state index in [1.807, 2.05) is 31.2 Å². The van der Waals surface area contributed by atoms with Crippen LogP contribution in [0.3, 0.4) is 0 Å². The van der Waals surface area contributed by atoms with Gasteiger partial charge in [0.1, 0.15) is 5.82 Å². The van der Waals surface area contributed by atoms with Gasteiger partial charge < -0.3 is 16.0 Å². The predicted octanol–water partition coefficient (Wildman–Crippen LogP) is 1.88. The Kier molecular flexibility index (Phi) is 5.85. The smallest absolute Gasteiger partial charge is 0.297 e. The van der Waals surface area contributed by atoms with Crippen LogP contribution in [0.25, 0.3) is 10.8 Å². The molecule has 4 rings (SSSR count). The molecule has 0 radical (unpaired) electrons. The van der Waals surface area contributed by atoms with Crippen molar-refractivity contribution < 1.29 is 12.6 Å². The number of hydrogen-bond acceptors (Lipinski definition) is 8. The molecule has 3 aromatic rings. The van der Waals surface area contributed by atoms with E-state index in [0.29, 0.717) is 23.8 Å². The van der Waals surface area contributed by atoms with Crippen LogP contribution < -0.4 is 16.0 Å². The number of benzene rings is 2. The average Bonchev–Trinajstić information content (AvgIpc) is 2.75. The third kappa shape index (κ3) is 4.38. The number of fused-ring (bicyclic) bond motifs is 1. The molecule has 1 aliphatic heterocycles. The van der Waals surface area contributed by atoms with Gasteiger partial charge in [0, 0.05) is 43.9 Å². The second-order valence-electron chi connectivity index (χ2n) is 7.24. The lowest BCUT2D eigenvalue weighted by molar-refractivity contribution is 0.322. The second-order valence-corrected chi connectivity index (χ2v) is 8.86. The van der Waals surface area contributed by atoms with Crippen LogP contribution in [0.15, 0.2) is 47.4 Å². The van der Waals surface area contributed by atoms with Gasteiger partial charge in [0.05, 0.1) is 11.5 Å². The van der Waals surface area contributed by atoms with Crippen LogP contribution >= 0.6 is 0 Å². The van der Waals surface area contributed by atoms with Gasteiger partial charge in [-0.15, -0.1) is 0 Å². The third-order valence-corrected chi connectivity index (χ3v) is 6.54. The highest BCUT2D eigenvalue weighted by Crippen LogP contribution is 2.22. The molecule has 9 heteroatoms. The van der Waals surface area contributed by atoms with Crippen molar-refractivity contribution >= 4 is 32.7 Å². The van der Waals surface area contributed by atoms with Gasteiger partial charge in [-0.25, -0.2) is 4.98 Å². The third-order valence-electron chi connectivity index (χ3n) is 5.23. The van der Waals surface area contributed by atoms with Gasteiger partial charge in [-0.3, -0.25) is 4.18 Å². The summed E-state index contributed by atoms with van der Waals surface area (Å²) in [6, 6.07) is 12.5. The molecule has 158 valence electrons. The first-order valence-electron chi connectivity index (χ1n) is 9.91. The normalized spacial score (nSPS) is 14.9. The van der Waals surface area contributed by atoms with E-state index in [9.17, 15) is 8.42 Å². The summed E-state index contributed by atoms with van der Waals surface area (Å²) in [7, 11) is -3.87. The molecule has 8 nitrogen and oxygen atoms in total. The average molecular weight is 428 g/mol. The summed E-state index contributed by atoms with van der Waals surface area (Å²) in [6.07, 6.45) is 0.312. The fraction of sp³-hybridized carbons (Fsp3) is 0.333. The van der Waals surface area contributed by atoms with Crippen molar-refractivity contribution in [2.75, 3.05) is 43.4 Å². The highest BCUT2D eigenvalue weighted by molar-refractivity contribution is 7.86. The Hall–Kier alpha value is -2.75. The molecular formula is C21H25N5O3S. The molecule has 1 aromatic heterocycles. The van der Waals surface area contributed by atoms with Gasteiger partial charge in [0.25, 0.3) is 10.1 Å². The highest BCUT2D eigenvalue weighted by atomic mass is 32.2. The van der Waals surface area contributed by atoms with Crippen molar-refractivity contribution in [2.45, 2.75) is 18.2 Å². The topological polar surface area (TPSA) is 110 Å². The fourth-order valence-corrected chi connectivity index (χ4v) is 4.51. The van der Waals surface area contributed by atoms with Gasteiger partial charge in [0.15, 0.2) is 0 Å². The van der Waals surface area contributed by atoms with E-state index in [1.165, 1.54) is 0 Å². The lowest BCUT2D eigenvalue weighted by Gasteiger charge is -2.28. The van der Waals surface area contributed by atoms with E-state index in [0.717, 1.165) is 42.6 Å². The maximum atomic E-state index is 12.6. The Balaban J connectivity index is 1.45. The van der Waals surface area contributed by atoms with Gasteiger partial charge in [0.2, 0.25) is 5.95 Å². The van der Waals surface area contributed by atoms with Gasteiger partial charge >= 0.3 is 0 Å². The summed E-state index contributed by atoms with van der Waals surface area (Å²) in [5, 5.41) is 5.11. The van der Waals surface area contributed by atoms with Gasteiger partial charge in [-0.05, 0) is 29.8 Å². The number of aromatic nitrogens is 2. The summed E-state index contributed by atoms with van der Waals surface area (Å²) >= 11 is 0. The van der Waals surface area contributed by atoms with Crippen LogP contribution in [0, 0.1) is 6.92 Å². The molecule has 2 heterocycles. The molecule has 30 heavy (non-hydrogen) atoms. The summed E-state index contributed by atoms with van der Waals surface area (Å²) in [5.41, 5.74) is 7.60. The first-order valence-corrected chi connectivity index (χ1v) is 11.3. The first-order chi connectivity index (χ1) is 14.4. The predicted molar refractivity (Wildman–Crippen MR) is 117 cm³/mol. The van der Waals surface area contributed by atoms with E-state index >= 15 is 0 Å². The molecular weight excluding hydrogens is 402 g/mol. The monoisotopic (exact) mass is 427 g/mol. The molecule has 0 atom stereocenters. The standard InChI is InChI=1S/C21H25N5O3S/c1-15-19(20(22)25-21(24-15)26-11-9-23-10-12-26)8-13-29-30(27,28)18-7-6-16-4-2-3-5-17(16)14-18/h2-7,14,23H,8-13H2,1H3,(H2,22,24,25). The van der Waals surface area contributed by atoms with Crippen LogP contribution in [0.4, 0.5) is 11.8 Å². The number of aryl methyl sites for hydroxylation is 1. The van der Waals surface area contributed by atoms with Crippen molar-refractivity contribution in [1.29, 1.82) is 0 Å². The Bertz CT molecular complexity index is 1140. The van der Waals surface area contributed by atoms with Gasteiger partial charge in [-0.2, -0.15) is 13.4 Å². The zero-order chi connectivity index (χ0) is 21.1. The lowest BCUT2D eigenvalue weighted by Crippen LogP contribution is -2.44. The maximum absolute atomic E-state index is 12.6. The van der Waals surface area contributed by atoms with Crippen molar-refractivity contribution in [3.63, 3.8) is 0 Å². The first kappa shape index (κ1) is 20.5. The van der Waals surface area contributed by atoms with E-state index in [-0.39, 0.29) is 11.5 Å². The Morgan fingerprint density at radius 2 is 1.83 bits per heavy atom. The molecule has 2 aromatic carbocycles. The Labute approximate surface area is 176 Å². The van der Waals surface area contributed by atoms with Crippen molar-refractivity contribution in [3.05, 3.63) is 53.7 Å². The summed E-state index contributed by atoms with van der Waals surface area (Å²) in [5.74, 6) is 0.975. The number of nitrogens with two attached hydrogens (primary N) is 1. The lowest BCUT2D eigenvalue weighted by atomic mass is 10.1. The molecule has 0 aliphatic carbocycles. The summed E-state index contributed by atoms with van der Waals surface area (Å²) < 4.78 is 30.5. The molecule has 0 saturated carbocycles. The minimum Gasteiger partial charge on any atom is -0.383 e. The van der Waals surface area contributed by atoms with Gasteiger partial charge in [-0.1, -0.05) is 30.3 Å². The molecule has 1 saturated heterocycles. The Morgan fingerprint density at radius 1 is 1.10 bits per heavy atom. The van der Waals surface area contributed by atoms with Crippen LogP contribution in [0.5, 0.6) is 0 Å². The molecule has 0 unspecified atom stereocenters. The minimum atomic E-state index is -3.87. The zero-order valence-corrected chi connectivity index (χ0v) is 17.7. The van der Waals surface area contributed by atoms with Crippen LogP contribution in [-0.2, 0) is 20.7 Å². The number of nitrogens with one attached hydrogen (secondary N) is 1. The van der Waals surface area contributed by atoms with E-state index < -0.39 is 10.1 Å². The molecule has 1 fully saturated rings. The molecule has 0 bridgehead atoms. The second kappa shape index (κ2) is 8.55. The molecule has 1 aliphatic rings. The van der Waals surface area contributed by atoms with Crippen LogP contribution in [-0.4, -0.2) is 51.2 Å². The zero-order valence-electron chi connectivity index (χ0n) is 16.8. The number of piperazine rings is 1.